The molecule has 0 unspecified atom stereocenters. The van der Waals surface area contributed by atoms with Crippen LogP contribution in [0.15, 0.2) is 0 Å². The summed E-state index contributed by atoms with van der Waals surface area (Å²) in [5.41, 5.74) is 0. The van der Waals surface area contributed by atoms with Crippen LogP contribution in [0.4, 0.5) is 0 Å². The quantitative estimate of drug-likeness (QED) is 0.496. The van der Waals surface area contributed by atoms with E-state index in [1.165, 1.54) is 12.8 Å². The van der Waals surface area contributed by atoms with Gasteiger partial charge in [-0.25, -0.2) is 0 Å². The second-order valence-electron chi connectivity index (χ2n) is 3.27. The van der Waals surface area contributed by atoms with Gasteiger partial charge >= 0.3 is 0 Å². The first-order chi connectivity index (χ1) is 3.84. The van der Waals surface area contributed by atoms with Crippen LogP contribution in [0.1, 0.15) is 25.7 Å². The second-order valence-corrected chi connectivity index (χ2v) is 4.57. The van der Waals surface area contributed by atoms with Crippen LogP contribution in [0, 0.1) is 11.8 Å². The van der Waals surface area contributed by atoms with Crippen LogP contribution in [0.5, 0.6) is 0 Å². The minimum Gasteiger partial charge on any atom is -0.0890 e. The summed E-state index contributed by atoms with van der Waals surface area (Å²) < 4.78 is 0. The molecule has 0 radical (unpaired) electrons. The molecule has 0 saturated heterocycles. The van der Waals surface area contributed by atoms with Crippen molar-refractivity contribution in [2.24, 2.45) is 11.8 Å². The summed E-state index contributed by atoms with van der Waals surface area (Å²) in [5.74, 6) is 2.22. The van der Waals surface area contributed by atoms with E-state index in [0.717, 1.165) is 16.7 Å². The average molecular weight is 175 g/mol. The normalized spacial score (nSPS) is 52.9. The number of rotatable bonds is 0. The molecule has 0 N–H and O–H groups in total. The lowest BCUT2D eigenvalue weighted by molar-refractivity contribution is 0.123. The summed E-state index contributed by atoms with van der Waals surface area (Å²) in [6.45, 7) is 0. The van der Waals surface area contributed by atoms with Crippen LogP contribution in [-0.2, 0) is 0 Å². The Morgan fingerprint density at radius 1 is 0.875 bits per heavy atom. The molecule has 0 aliphatic heterocycles. The topological polar surface area (TPSA) is 0 Å². The van der Waals surface area contributed by atoms with E-state index in [1.807, 2.05) is 0 Å². The van der Waals surface area contributed by atoms with E-state index in [1.54, 1.807) is 12.8 Å². The number of hydrogen-bond acceptors (Lipinski definition) is 0. The van der Waals surface area contributed by atoms with E-state index >= 15 is 0 Å². The Hall–Kier alpha value is 0.480. The molecule has 0 spiro atoms. The maximum Gasteiger partial charge on any atom is 0.0151 e. The Balaban J connectivity index is 1.97. The first-order valence-corrected chi connectivity index (χ1v) is 4.40. The van der Waals surface area contributed by atoms with Crippen molar-refractivity contribution < 1.29 is 0 Å². The van der Waals surface area contributed by atoms with Crippen molar-refractivity contribution in [1.29, 1.82) is 0 Å². The fourth-order valence-corrected chi connectivity index (χ4v) is 3.14. The summed E-state index contributed by atoms with van der Waals surface area (Å²) in [4.78, 5) is 0.875. The highest BCUT2D eigenvalue weighted by Gasteiger charge is 2.36. The van der Waals surface area contributed by atoms with Gasteiger partial charge in [-0.15, -0.1) is 0 Å². The average Bonchev–Trinajstić information content (AvgIpc) is 1.62. The zero-order chi connectivity index (χ0) is 5.56. The Labute approximate surface area is 58.8 Å². The van der Waals surface area contributed by atoms with Gasteiger partial charge in [0.2, 0.25) is 0 Å². The second kappa shape index (κ2) is 1.73. The van der Waals surface area contributed by atoms with Crippen LogP contribution >= 0.6 is 15.9 Å². The first kappa shape index (κ1) is 5.28. The van der Waals surface area contributed by atoms with Crippen LogP contribution in [0.3, 0.4) is 0 Å². The Kier molecular flexibility index (Phi) is 1.14. The molecule has 3 aliphatic carbocycles. The molecular weight excluding hydrogens is 164 g/mol. The highest BCUT2D eigenvalue weighted by Crippen LogP contribution is 2.47. The van der Waals surface area contributed by atoms with Crippen LogP contribution in [-0.4, -0.2) is 4.83 Å². The third kappa shape index (κ3) is 0.717. The number of hydrogen-bond donors (Lipinski definition) is 0. The van der Waals surface area contributed by atoms with Gasteiger partial charge in [0.15, 0.2) is 0 Å². The summed E-state index contributed by atoms with van der Waals surface area (Å²) >= 11 is 3.66. The third-order valence-corrected chi connectivity index (χ3v) is 3.26. The largest absolute Gasteiger partial charge is 0.0890 e. The predicted octanol–water partition coefficient (Wildman–Crippen LogP) is 2.57. The number of halogens is 1. The van der Waals surface area contributed by atoms with E-state index in [0.29, 0.717) is 0 Å². The van der Waals surface area contributed by atoms with E-state index in [9.17, 15) is 0 Å². The molecule has 46 valence electrons. The summed E-state index contributed by atoms with van der Waals surface area (Å²) in [6, 6.07) is 0. The monoisotopic (exact) mass is 174 g/mol. The lowest BCUT2D eigenvalue weighted by atomic mass is 9.65. The lowest BCUT2D eigenvalue weighted by Gasteiger charge is -2.43. The zero-order valence-corrected chi connectivity index (χ0v) is 6.52. The third-order valence-electron chi connectivity index (χ3n) is 2.51. The molecule has 2 bridgehead atoms. The Morgan fingerprint density at radius 2 is 1.38 bits per heavy atom. The molecule has 0 amide bonds. The minimum absolute atomic E-state index is 0.875. The van der Waals surface area contributed by atoms with Gasteiger partial charge < -0.3 is 0 Å². The van der Waals surface area contributed by atoms with E-state index < -0.39 is 0 Å². The number of fused-ring (bicyclic) bond motifs is 2. The maximum absolute atomic E-state index is 3.66. The fraction of sp³-hybridized carbons (Fsp3) is 1.00. The molecule has 3 aliphatic rings. The van der Waals surface area contributed by atoms with Crippen molar-refractivity contribution in [3.8, 4) is 0 Å². The minimum atomic E-state index is 0.875. The molecule has 0 nitrogen and oxygen atoms in total. The van der Waals surface area contributed by atoms with Crippen molar-refractivity contribution in [2.45, 2.75) is 30.5 Å². The molecule has 3 fully saturated rings. The summed E-state index contributed by atoms with van der Waals surface area (Å²) in [7, 11) is 0. The van der Waals surface area contributed by atoms with Gasteiger partial charge in [0.1, 0.15) is 0 Å². The molecule has 0 aromatic rings. The summed E-state index contributed by atoms with van der Waals surface area (Å²) in [5, 5.41) is 0. The molecule has 0 atom stereocenters. The van der Waals surface area contributed by atoms with Gasteiger partial charge in [0, 0.05) is 4.83 Å². The van der Waals surface area contributed by atoms with Crippen LogP contribution in [0.25, 0.3) is 0 Å². The predicted molar refractivity (Wildman–Crippen MR) is 38.2 cm³/mol. The van der Waals surface area contributed by atoms with Gasteiger partial charge in [0.05, 0.1) is 0 Å². The summed E-state index contributed by atoms with van der Waals surface area (Å²) in [6.07, 6.45) is 6.00. The van der Waals surface area contributed by atoms with E-state index in [4.69, 9.17) is 0 Å². The van der Waals surface area contributed by atoms with Gasteiger partial charge in [0.25, 0.3) is 0 Å². The lowest BCUT2D eigenvalue weighted by Crippen LogP contribution is -2.34. The van der Waals surface area contributed by atoms with Crippen molar-refractivity contribution in [2.75, 3.05) is 0 Å². The molecular formula is C7H11Br. The molecule has 0 aromatic carbocycles. The molecule has 3 saturated carbocycles. The number of alkyl halides is 1. The maximum atomic E-state index is 3.66. The van der Waals surface area contributed by atoms with E-state index in [2.05, 4.69) is 15.9 Å². The SMILES string of the molecule is BrC1CC2CC(C1)C2. The van der Waals surface area contributed by atoms with Crippen LogP contribution in [0.2, 0.25) is 0 Å². The highest BCUT2D eigenvalue weighted by molar-refractivity contribution is 9.09. The first-order valence-electron chi connectivity index (χ1n) is 3.48. The highest BCUT2D eigenvalue weighted by atomic mass is 79.9. The molecule has 3 rings (SSSR count). The molecule has 0 aromatic heterocycles. The van der Waals surface area contributed by atoms with Crippen molar-refractivity contribution >= 4 is 15.9 Å². The van der Waals surface area contributed by atoms with Crippen molar-refractivity contribution in [1.82, 2.24) is 0 Å². The van der Waals surface area contributed by atoms with Gasteiger partial charge in [-0.3, -0.25) is 0 Å². The Bertz CT molecular complexity index is 84.6. The molecule has 8 heavy (non-hydrogen) atoms. The molecule has 0 heterocycles. The smallest absolute Gasteiger partial charge is 0.0151 e. The fourth-order valence-electron chi connectivity index (χ4n) is 2.08. The zero-order valence-electron chi connectivity index (χ0n) is 4.94. The van der Waals surface area contributed by atoms with Crippen molar-refractivity contribution in [3.05, 3.63) is 0 Å². The standard InChI is InChI=1S/C7H11Br/c8-7-3-5-1-6(2-5)4-7/h5-7H,1-4H2. The Morgan fingerprint density at radius 3 is 1.62 bits per heavy atom. The van der Waals surface area contributed by atoms with Gasteiger partial charge in [-0.1, -0.05) is 15.9 Å². The van der Waals surface area contributed by atoms with Crippen LogP contribution < -0.4 is 0 Å². The molecule has 1 heteroatoms. The van der Waals surface area contributed by atoms with Crippen molar-refractivity contribution in [3.63, 3.8) is 0 Å². The van der Waals surface area contributed by atoms with Gasteiger partial charge in [-0.2, -0.15) is 0 Å². The van der Waals surface area contributed by atoms with E-state index in [-0.39, 0.29) is 0 Å². The van der Waals surface area contributed by atoms with Gasteiger partial charge in [-0.05, 0) is 37.5 Å².